The summed E-state index contributed by atoms with van der Waals surface area (Å²) in [5.74, 6) is -0.781. The number of hydrogen-bond donors (Lipinski definition) is 3. The molecule has 3 N–H and O–H groups in total. The van der Waals surface area contributed by atoms with Gasteiger partial charge in [0.05, 0.1) is 5.75 Å². The van der Waals surface area contributed by atoms with Crippen LogP contribution in [0.5, 0.6) is 0 Å². The van der Waals surface area contributed by atoms with Crippen molar-refractivity contribution in [3.05, 3.63) is 11.9 Å². The fourth-order valence-corrected chi connectivity index (χ4v) is 4.38. The normalized spacial score (nSPS) is 17.9. The number of halogens is 3. The molecule has 0 radical (unpaired) electrons. The second-order valence-corrected chi connectivity index (χ2v) is 9.86. The fraction of sp³-hybridized carbons (Fsp3) is 0.737. The molecule has 0 bridgehead atoms. The lowest BCUT2D eigenvalue weighted by atomic mass is 9.93. The highest BCUT2D eigenvalue weighted by Gasteiger charge is 2.37. The van der Waals surface area contributed by atoms with Gasteiger partial charge >= 0.3 is 12.2 Å². The van der Waals surface area contributed by atoms with Crippen molar-refractivity contribution in [3.8, 4) is 0 Å². The van der Waals surface area contributed by atoms with Crippen molar-refractivity contribution in [2.24, 2.45) is 5.92 Å². The third-order valence-corrected chi connectivity index (χ3v) is 6.52. The second-order valence-electron chi connectivity index (χ2n) is 8.29. The molecule has 0 spiro atoms. The highest BCUT2D eigenvalue weighted by atomic mass is 32.2. The first-order chi connectivity index (χ1) is 15.5. The zero-order chi connectivity index (χ0) is 24.1. The number of aromatic nitrogens is 2. The Labute approximate surface area is 190 Å². The Balaban J connectivity index is 1.49. The van der Waals surface area contributed by atoms with Crippen LogP contribution in [0.25, 0.3) is 0 Å². The summed E-state index contributed by atoms with van der Waals surface area (Å²) in [4.78, 5) is 22.9. The molecule has 2 amide bonds. The third-order valence-electron chi connectivity index (χ3n) is 5.80. The lowest BCUT2D eigenvalue weighted by Gasteiger charge is -2.33. The molecule has 0 atom stereocenters. The number of nitrogens with one attached hydrogen (secondary N) is 2. The van der Waals surface area contributed by atoms with Crippen LogP contribution < -0.4 is 20.4 Å². The van der Waals surface area contributed by atoms with Crippen LogP contribution in [-0.2, 0) is 16.3 Å². The van der Waals surface area contributed by atoms with Crippen molar-refractivity contribution in [1.82, 2.24) is 20.6 Å². The van der Waals surface area contributed by atoms with Crippen molar-refractivity contribution in [2.45, 2.75) is 38.3 Å². The second kappa shape index (κ2) is 10.7. The molecule has 3 rings (SSSR count). The zero-order valence-corrected chi connectivity index (χ0v) is 19.0. The Hall–Kier alpha value is -2.35. The van der Waals surface area contributed by atoms with E-state index in [1.54, 1.807) is 6.07 Å². The summed E-state index contributed by atoms with van der Waals surface area (Å²) in [7, 11) is -4.13. The van der Waals surface area contributed by atoms with Gasteiger partial charge in [-0.3, -0.25) is 4.55 Å². The van der Waals surface area contributed by atoms with Crippen molar-refractivity contribution in [1.29, 1.82) is 0 Å². The van der Waals surface area contributed by atoms with Crippen LogP contribution in [0.15, 0.2) is 6.07 Å². The molecule has 0 unspecified atom stereocenters. The molecule has 2 aliphatic heterocycles. The van der Waals surface area contributed by atoms with E-state index in [9.17, 15) is 26.4 Å². The third kappa shape index (κ3) is 7.88. The maximum atomic E-state index is 13.4. The Kier molecular flexibility index (Phi) is 8.21. The number of nitrogens with zero attached hydrogens (tertiary/aromatic N) is 4. The SMILES string of the molecule is O=C(NCCC1CCN(c2cc(N3CCCC3)nc(C(F)(F)F)n2)CC1)NCCS(=O)(=O)O. The first kappa shape index (κ1) is 25.3. The van der Waals surface area contributed by atoms with Crippen LogP contribution in [0.4, 0.5) is 29.6 Å². The van der Waals surface area contributed by atoms with Crippen LogP contribution >= 0.6 is 0 Å². The van der Waals surface area contributed by atoms with Gasteiger partial charge in [0.15, 0.2) is 0 Å². The monoisotopic (exact) mass is 494 g/mol. The summed E-state index contributed by atoms with van der Waals surface area (Å²) in [5, 5.41) is 4.97. The molecule has 186 valence electrons. The van der Waals surface area contributed by atoms with Gasteiger partial charge in [-0.1, -0.05) is 0 Å². The Bertz CT molecular complexity index is 917. The highest BCUT2D eigenvalue weighted by Crippen LogP contribution is 2.32. The zero-order valence-electron chi connectivity index (χ0n) is 18.1. The highest BCUT2D eigenvalue weighted by molar-refractivity contribution is 7.85. The van der Waals surface area contributed by atoms with E-state index in [2.05, 4.69) is 20.6 Å². The average Bonchev–Trinajstić information content (AvgIpc) is 3.27. The van der Waals surface area contributed by atoms with Crippen molar-refractivity contribution >= 4 is 27.8 Å². The van der Waals surface area contributed by atoms with Crippen LogP contribution in [0, 0.1) is 5.92 Å². The molecule has 1 aromatic rings. The molecule has 10 nitrogen and oxygen atoms in total. The van der Waals surface area contributed by atoms with Gasteiger partial charge in [-0.2, -0.15) is 21.6 Å². The largest absolute Gasteiger partial charge is 0.451 e. The Morgan fingerprint density at radius 1 is 1.03 bits per heavy atom. The number of piperidine rings is 1. The van der Waals surface area contributed by atoms with Gasteiger partial charge in [-0.25, -0.2) is 14.8 Å². The summed E-state index contributed by atoms with van der Waals surface area (Å²) in [6, 6.07) is 1.12. The number of alkyl halides is 3. The minimum atomic E-state index is -4.61. The lowest BCUT2D eigenvalue weighted by Crippen LogP contribution is -2.40. The van der Waals surface area contributed by atoms with E-state index in [1.165, 1.54) is 0 Å². The molecule has 0 saturated carbocycles. The minimum Gasteiger partial charge on any atom is -0.356 e. The molecule has 3 heterocycles. The summed E-state index contributed by atoms with van der Waals surface area (Å²) >= 11 is 0. The summed E-state index contributed by atoms with van der Waals surface area (Å²) in [5.41, 5.74) is 0. The Morgan fingerprint density at radius 2 is 1.58 bits per heavy atom. The number of hydrogen-bond acceptors (Lipinski definition) is 7. The molecule has 2 saturated heterocycles. The number of rotatable bonds is 8. The van der Waals surface area contributed by atoms with E-state index in [-0.39, 0.29) is 12.4 Å². The lowest BCUT2D eigenvalue weighted by molar-refractivity contribution is -0.144. The molecule has 33 heavy (non-hydrogen) atoms. The van der Waals surface area contributed by atoms with E-state index >= 15 is 0 Å². The summed E-state index contributed by atoms with van der Waals surface area (Å²) < 4.78 is 70.0. The Morgan fingerprint density at radius 3 is 2.12 bits per heavy atom. The van der Waals surface area contributed by atoms with Gasteiger partial charge in [-0.15, -0.1) is 0 Å². The van der Waals surface area contributed by atoms with E-state index in [4.69, 9.17) is 4.55 Å². The number of anilines is 2. The maximum Gasteiger partial charge on any atom is 0.451 e. The average molecular weight is 495 g/mol. The minimum absolute atomic E-state index is 0.193. The van der Waals surface area contributed by atoms with Gasteiger partial charge in [0.25, 0.3) is 10.1 Å². The predicted molar refractivity (Wildman–Crippen MR) is 116 cm³/mol. The standard InChI is InChI=1S/C19H29F3N6O4S/c20-19(21,22)17-25-15(27-8-1-2-9-27)13-16(26-17)28-10-4-14(5-11-28)3-6-23-18(29)24-7-12-33(30,31)32/h13-14H,1-12H2,(H2,23,24,29)(H,30,31,32). The van der Waals surface area contributed by atoms with Gasteiger partial charge in [0.2, 0.25) is 5.82 Å². The van der Waals surface area contributed by atoms with Crippen molar-refractivity contribution < 1.29 is 30.9 Å². The topological polar surface area (TPSA) is 128 Å². The number of carbonyl (C=O) groups is 1. The summed E-state index contributed by atoms with van der Waals surface area (Å²) in [6.45, 7) is 2.67. The van der Waals surface area contributed by atoms with Gasteiger partial charge in [-0.05, 0) is 38.0 Å². The fourth-order valence-electron chi connectivity index (χ4n) is 4.02. The van der Waals surface area contributed by atoms with E-state index in [0.717, 1.165) is 25.7 Å². The van der Waals surface area contributed by atoms with Crippen LogP contribution in [0.3, 0.4) is 0 Å². The molecular weight excluding hydrogens is 465 g/mol. The molecule has 2 fully saturated rings. The van der Waals surface area contributed by atoms with Crippen molar-refractivity contribution in [3.63, 3.8) is 0 Å². The van der Waals surface area contributed by atoms with Gasteiger partial charge < -0.3 is 20.4 Å². The molecular formula is C19H29F3N6O4S. The van der Waals surface area contributed by atoms with E-state index in [0.29, 0.717) is 50.9 Å². The summed E-state index contributed by atoms with van der Waals surface area (Å²) in [6.07, 6.45) is -0.573. The maximum absolute atomic E-state index is 13.4. The predicted octanol–water partition coefficient (Wildman–Crippen LogP) is 1.89. The molecule has 0 aliphatic carbocycles. The smallest absolute Gasteiger partial charge is 0.356 e. The van der Waals surface area contributed by atoms with Crippen molar-refractivity contribution in [2.75, 3.05) is 54.8 Å². The van der Waals surface area contributed by atoms with Crippen LogP contribution in [0.1, 0.15) is 37.9 Å². The number of urea groups is 1. The van der Waals surface area contributed by atoms with E-state index < -0.39 is 33.9 Å². The first-order valence-electron chi connectivity index (χ1n) is 10.9. The number of amides is 2. The quantitative estimate of drug-likeness (QED) is 0.468. The molecule has 14 heteroatoms. The first-order valence-corrected chi connectivity index (χ1v) is 12.6. The van der Waals surface area contributed by atoms with Crippen LogP contribution in [-0.4, -0.2) is 74.0 Å². The number of carbonyl (C=O) groups excluding carboxylic acids is 1. The molecule has 0 aromatic carbocycles. The van der Waals surface area contributed by atoms with Gasteiger partial charge in [0, 0.05) is 45.3 Å². The van der Waals surface area contributed by atoms with E-state index in [1.807, 2.05) is 9.80 Å². The molecule has 1 aromatic heterocycles. The van der Waals surface area contributed by atoms with Gasteiger partial charge in [0.1, 0.15) is 11.6 Å². The molecule has 2 aliphatic rings. The van der Waals surface area contributed by atoms with Crippen LogP contribution in [0.2, 0.25) is 0 Å².